The molecule has 0 heterocycles. The van der Waals surface area contributed by atoms with Crippen molar-refractivity contribution in [1.29, 1.82) is 0 Å². The lowest BCUT2D eigenvalue weighted by Gasteiger charge is -2.09. The van der Waals surface area contributed by atoms with Gasteiger partial charge in [-0.3, -0.25) is 9.59 Å². The van der Waals surface area contributed by atoms with E-state index in [9.17, 15) is 14.4 Å². The molecule has 0 radical (unpaired) electrons. The van der Waals surface area contributed by atoms with Crippen LogP contribution in [0.25, 0.3) is 0 Å². The monoisotopic (exact) mass is 353 g/mol. The van der Waals surface area contributed by atoms with E-state index in [1.165, 1.54) is 6.07 Å². The van der Waals surface area contributed by atoms with E-state index >= 15 is 0 Å². The molecule has 0 fully saturated rings. The van der Waals surface area contributed by atoms with E-state index in [1.807, 2.05) is 19.1 Å². The third-order valence-electron chi connectivity index (χ3n) is 3.91. The number of carbonyl (C=O) groups is 3. The summed E-state index contributed by atoms with van der Waals surface area (Å²) in [5, 5.41) is 2.72. The second-order valence-electron chi connectivity index (χ2n) is 6.27. The van der Waals surface area contributed by atoms with E-state index in [0.717, 1.165) is 12.0 Å². The first-order valence-electron chi connectivity index (χ1n) is 8.61. The lowest BCUT2D eigenvalue weighted by Crippen LogP contribution is -2.18. The molecule has 1 amide bonds. The van der Waals surface area contributed by atoms with Crippen molar-refractivity contribution in [2.75, 3.05) is 11.9 Å². The van der Waals surface area contributed by atoms with Crippen molar-refractivity contribution in [3.05, 3.63) is 65.2 Å². The minimum Gasteiger partial charge on any atom is -0.454 e. The van der Waals surface area contributed by atoms with Crippen LogP contribution < -0.4 is 5.32 Å². The lowest BCUT2D eigenvalue weighted by atomic mass is 10.1. The number of esters is 1. The van der Waals surface area contributed by atoms with E-state index in [-0.39, 0.29) is 29.8 Å². The zero-order valence-corrected chi connectivity index (χ0v) is 15.2. The van der Waals surface area contributed by atoms with Crippen LogP contribution in [-0.2, 0) is 16.0 Å². The maximum atomic E-state index is 12.2. The Labute approximate surface area is 153 Å². The quantitative estimate of drug-likeness (QED) is 0.605. The van der Waals surface area contributed by atoms with Gasteiger partial charge in [0, 0.05) is 17.2 Å². The van der Waals surface area contributed by atoms with Crippen molar-refractivity contribution in [2.24, 2.45) is 5.92 Å². The Morgan fingerprint density at radius 1 is 1.00 bits per heavy atom. The number of rotatable bonds is 7. The Morgan fingerprint density at radius 3 is 2.31 bits per heavy atom. The van der Waals surface area contributed by atoms with Gasteiger partial charge in [-0.05, 0) is 30.2 Å². The van der Waals surface area contributed by atoms with E-state index in [4.69, 9.17) is 4.74 Å². The summed E-state index contributed by atoms with van der Waals surface area (Å²) in [5.74, 6) is -1.17. The largest absolute Gasteiger partial charge is 0.454 e. The smallest absolute Gasteiger partial charge is 0.338 e. The summed E-state index contributed by atoms with van der Waals surface area (Å²) in [6.45, 7) is 5.28. The molecule has 0 aliphatic rings. The van der Waals surface area contributed by atoms with E-state index < -0.39 is 5.97 Å². The van der Waals surface area contributed by atoms with Crippen molar-refractivity contribution < 1.29 is 19.1 Å². The minimum atomic E-state index is -0.607. The first kappa shape index (κ1) is 19.4. The maximum absolute atomic E-state index is 12.2. The summed E-state index contributed by atoms with van der Waals surface area (Å²) < 4.78 is 5.11. The number of ketones is 1. The van der Waals surface area contributed by atoms with Crippen LogP contribution in [0.1, 0.15) is 47.1 Å². The van der Waals surface area contributed by atoms with Crippen molar-refractivity contribution >= 4 is 23.3 Å². The SMILES string of the molecule is CCc1ccc(C(=O)COC(=O)c2cccc(NC(=O)C(C)C)c2)cc1. The fraction of sp³-hybridized carbons (Fsp3) is 0.286. The standard InChI is InChI=1S/C21H23NO4/c1-4-15-8-10-16(11-9-15)19(23)13-26-21(25)17-6-5-7-18(12-17)22-20(24)14(2)3/h5-12,14H,4,13H2,1-3H3,(H,22,24). The lowest BCUT2D eigenvalue weighted by molar-refractivity contribution is -0.118. The van der Waals surface area contributed by atoms with Gasteiger partial charge >= 0.3 is 5.97 Å². The summed E-state index contributed by atoms with van der Waals surface area (Å²) in [4.78, 5) is 36.0. The number of amides is 1. The van der Waals surface area contributed by atoms with Gasteiger partial charge in [-0.2, -0.15) is 0 Å². The molecule has 26 heavy (non-hydrogen) atoms. The third-order valence-corrected chi connectivity index (χ3v) is 3.91. The van der Waals surface area contributed by atoms with Crippen LogP contribution in [0.4, 0.5) is 5.69 Å². The Bertz CT molecular complexity index is 794. The number of carbonyl (C=O) groups excluding carboxylic acids is 3. The highest BCUT2D eigenvalue weighted by atomic mass is 16.5. The molecule has 0 aliphatic carbocycles. The molecular formula is C21H23NO4. The Balaban J connectivity index is 1.96. The van der Waals surface area contributed by atoms with Gasteiger partial charge in [-0.15, -0.1) is 0 Å². The fourth-order valence-corrected chi connectivity index (χ4v) is 2.23. The third kappa shape index (κ3) is 5.28. The van der Waals surface area contributed by atoms with Gasteiger partial charge in [0.05, 0.1) is 5.56 Å². The van der Waals surface area contributed by atoms with E-state index in [1.54, 1.807) is 44.2 Å². The normalized spacial score (nSPS) is 10.5. The van der Waals surface area contributed by atoms with Crippen molar-refractivity contribution in [1.82, 2.24) is 0 Å². The summed E-state index contributed by atoms with van der Waals surface area (Å²) in [6.07, 6.45) is 0.896. The topological polar surface area (TPSA) is 72.5 Å². The summed E-state index contributed by atoms with van der Waals surface area (Å²) in [6, 6.07) is 13.7. The van der Waals surface area contributed by atoms with Crippen molar-refractivity contribution in [3.63, 3.8) is 0 Å². The molecule has 136 valence electrons. The molecule has 2 aromatic rings. The average molecular weight is 353 g/mol. The molecule has 2 aromatic carbocycles. The number of aryl methyl sites for hydroxylation is 1. The highest BCUT2D eigenvalue weighted by molar-refractivity contribution is 6.00. The highest BCUT2D eigenvalue weighted by Crippen LogP contribution is 2.13. The first-order chi connectivity index (χ1) is 12.4. The summed E-state index contributed by atoms with van der Waals surface area (Å²) >= 11 is 0. The van der Waals surface area contributed by atoms with Crippen LogP contribution in [0, 0.1) is 5.92 Å². The number of nitrogens with one attached hydrogen (secondary N) is 1. The molecule has 5 heteroatoms. The second kappa shape index (κ2) is 8.94. The summed E-state index contributed by atoms with van der Waals surface area (Å²) in [5.41, 5.74) is 2.44. The van der Waals surface area contributed by atoms with Crippen LogP contribution in [0.5, 0.6) is 0 Å². The number of ether oxygens (including phenoxy) is 1. The summed E-state index contributed by atoms with van der Waals surface area (Å²) in [7, 11) is 0. The number of benzene rings is 2. The molecule has 0 spiro atoms. The van der Waals surface area contributed by atoms with Crippen LogP contribution in [-0.4, -0.2) is 24.3 Å². The zero-order valence-electron chi connectivity index (χ0n) is 15.2. The maximum Gasteiger partial charge on any atom is 0.338 e. The van der Waals surface area contributed by atoms with E-state index in [2.05, 4.69) is 5.32 Å². The molecule has 0 atom stereocenters. The zero-order chi connectivity index (χ0) is 19.1. The molecule has 0 bridgehead atoms. The van der Waals surface area contributed by atoms with Gasteiger partial charge in [0.25, 0.3) is 0 Å². The molecule has 0 aromatic heterocycles. The Kier molecular flexibility index (Phi) is 6.67. The molecule has 1 N–H and O–H groups in total. The number of hydrogen-bond donors (Lipinski definition) is 1. The number of hydrogen-bond acceptors (Lipinski definition) is 4. The number of Topliss-reactive ketones (excluding diaryl/α,β-unsaturated/α-hetero) is 1. The second-order valence-corrected chi connectivity index (χ2v) is 6.27. The van der Waals surface area contributed by atoms with Gasteiger partial charge in [0.1, 0.15) is 0 Å². The van der Waals surface area contributed by atoms with Crippen LogP contribution in [0.3, 0.4) is 0 Å². The molecule has 0 saturated carbocycles. The molecule has 2 rings (SSSR count). The molecular weight excluding hydrogens is 330 g/mol. The Hall–Kier alpha value is -2.95. The highest BCUT2D eigenvalue weighted by Gasteiger charge is 2.13. The molecule has 5 nitrogen and oxygen atoms in total. The van der Waals surface area contributed by atoms with Gasteiger partial charge in [-0.25, -0.2) is 4.79 Å². The minimum absolute atomic E-state index is 0.138. The predicted molar refractivity (Wildman–Crippen MR) is 100 cm³/mol. The molecule has 0 saturated heterocycles. The molecule has 0 unspecified atom stereocenters. The molecule has 0 aliphatic heterocycles. The van der Waals surface area contributed by atoms with E-state index in [0.29, 0.717) is 11.3 Å². The van der Waals surface area contributed by atoms with Gasteiger partial charge in [-0.1, -0.05) is 51.1 Å². The Morgan fingerprint density at radius 2 is 1.69 bits per heavy atom. The van der Waals surface area contributed by atoms with Crippen LogP contribution >= 0.6 is 0 Å². The predicted octanol–water partition coefficient (Wildman–Crippen LogP) is 3.88. The number of anilines is 1. The van der Waals surface area contributed by atoms with Crippen molar-refractivity contribution in [2.45, 2.75) is 27.2 Å². The van der Waals surface area contributed by atoms with Crippen molar-refractivity contribution in [3.8, 4) is 0 Å². The fourth-order valence-electron chi connectivity index (χ4n) is 2.23. The van der Waals surface area contributed by atoms with Gasteiger partial charge in [0.2, 0.25) is 5.91 Å². The van der Waals surface area contributed by atoms with Gasteiger partial charge < -0.3 is 10.1 Å². The average Bonchev–Trinajstić information content (AvgIpc) is 2.66. The van der Waals surface area contributed by atoms with Crippen LogP contribution in [0.2, 0.25) is 0 Å². The van der Waals surface area contributed by atoms with Crippen LogP contribution in [0.15, 0.2) is 48.5 Å². The van der Waals surface area contributed by atoms with Gasteiger partial charge in [0.15, 0.2) is 12.4 Å². The first-order valence-corrected chi connectivity index (χ1v) is 8.61.